The van der Waals surface area contributed by atoms with Crippen LogP contribution in [0.25, 0.3) is 0 Å². The van der Waals surface area contributed by atoms with Crippen molar-refractivity contribution in [2.45, 2.75) is 18.9 Å². The number of hydrogen-bond acceptors (Lipinski definition) is 2. The second-order valence-corrected chi connectivity index (χ2v) is 5.68. The third-order valence-corrected chi connectivity index (χ3v) is 3.57. The van der Waals surface area contributed by atoms with E-state index in [1.165, 1.54) is 3.57 Å². The summed E-state index contributed by atoms with van der Waals surface area (Å²) < 4.78 is 6.78. The van der Waals surface area contributed by atoms with E-state index in [4.69, 9.17) is 4.74 Å². The Morgan fingerprint density at radius 1 is 1.00 bits per heavy atom. The summed E-state index contributed by atoms with van der Waals surface area (Å²) in [6.45, 7) is 0.537. The summed E-state index contributed by atoms with van der Waals surface area (Å²) in [4.78, 5) is 0. The van der Waals surface area contributed by atoms with Crippen molar-refractivity contribution in [3.05, 3.63) is 63.7 Å². The van der Waals surface area contributed by atoms with Crippen molar-refractivity contribution in [1.82, 2.24) is 0 Å². The number of aliphatic hydroxyl groups excluding tert-OH is 1. The first-order chi connectivity index (χ1) is 9.24. The molecule has 0 aliphatic rings. The maximum absolute atomic E-state index is 9.97. The lowest BCUT2D eigenvalue weighted by molar-refractivity contribution is 0.139. The molecule has 0 aliphatic heterocycles. The zero-order chi connectivity index (χ0) is 13.5. The second-order valence-electron chi connectivity index (χ2n) is 4.43. The molecule has 19 heavy (non-hydrogen) atoms. The Morgan fingerprint density at radius 3 is 2.37 bits per heavy atom. The van der Waals surface area contributed by atoms with Crippen LogP contribution in [-0.4, -0.2) is 17.8 Å². The lowest BCUT2D eigenvalue weighted by Crippen LogP contribution is -2.14. The summed E-state index contributed by atoms with van der Waals surface area (Å²) >= 11 is 2.28. The largest absolute Gasteiger partial charge is 0.493 e. The van der Waals surface area contributed by atoms with Gasteiger partial charge in [0.2, 0.25) is 0 Å². The van der Waals surface area contributed by atoms with Crippen LogP contribution in [-0.2, 0) is 6.42 Å². The number of para-hydroxylation sites is 1. The SMILES string of the molecule is OC(CCOc1ccccc1)Cc1ccc(I)cc1. The smallest absolute Gasteiger partial charge is 0.119 e. The zero-order valence-corrected chi connectivity index (χ0v) is 12.8. The van der Waals surface area contributed by atoms with Gasteiger partial charge in [-0.3, -0.25) is 0 Å². The zero-order valence-electron chi connectivity index (χ0n) is 10.6. The lowest BCUT2D eigenvalue weighted by Gasteiger charge is -2.11. The fourth-order valence-electron chi connectivity index (χ4n) is 1.82. The molecule has 1 unspecified atom stereocenters. The molecule has 0 fully saturated rings. The molecule has 1 N–H and O–H groups in total. The molecule has 0 amide bonds. The van der Waals surface area contributed by atoms with E-state index >= 15 is 0 Å². The highest BCUT2D eigenvalue weighted by atomic mass is 127. The molecule has 0 spiro atoms. The fourth-order valence-corrected chi connectivity index (χ4v) is 2.18. The minimum atomic E-state index is -0.358. The van der Waals surface area contributed by atoms with E-state index in [1.54, 1.807) is 0 Å². The number of hydrogen-bond donors (Lipinski definition) is 1. The molecule has 2 nitrogen and oxygen atoms in total. The number of rotatable bonds is 6. The molecule has 2 rings (SSSR count). The van der Waals surface area contributed by atoms with Gasteiger partial charge in [0, 0.05) is 9.99 Å². The highest BCUT2D eigenvalue weighted by molar-refractivity contribution is 14.1. The second kappa shape index (κ2) is 7.50. The topological polar surface area (TPSA) is 29.5 Å². The molecular formula is C16H17IO2. The molecule has 0 radical (unpaired) electrons. The highest BCUT2D eigenvalue weighted by Gasteiger charge is 2.06. The van der Waals surface area contributed by atoms with Crippen LogP contribution in [0.4, 0.5) is 0 Å². The Kier molecular flexibility index (Phi) is 5.66. The van der Waals surface area contributed by atoms with Crippen LogP contribution in [0.3, 0.4) is 0 Å². The van der Waals surface area contributed by atoms with Crippen molar-refractivity contribution in [2.75, 3.05) is 6.61 Å². The summed E-state index contributed by atoms with van der Waals surface area (Å²) in [5, 5.41) is 9.97. The lowest BCUT2D eigenvalue weighted by atomic mass is 10.1. The first kappa shape index (κ1) is 14.3. The summed E-state index contributed by atoms with van der Waals surface area (Å²) in [5.41, 5.74) is 1.16. The third kappa shape index (κ3) is 5.20. The molecule has 0 aliphatic carbocycles. The van der Waals surface area contributed by atoms with Gasteiger partial charge in [-0.1, -0.05) is 30.3 Å². The van der Waals surface area contributed by atoms with Gasteiger partial charge in [0.1, 0.15) is 5.75 Å². The minimum Gasteiger partial charge on any atom is -0.493 e. The van der Waals surface area contributed by atoms with Gasteiger partial charge < -0.3 is 9.84 Å². The van der Waals surface area contributed by atoms with Crippen LogP contribution < -0.4 is 4.74 Å². The van der Waals surface area contributed by atoms with Gasteiger partial charge in [0.05, 0.1) is 12.7 Å². The number of ether oxygens (including phenoxy) is 1. The molecule has 3 heteroatoms. The van der Waals surface area contributed by atoms with Crippen LogP contribution >= 0.6 is 22.6 Å². The van der Waals surface area contributed by atoms with E-state index in [2.05, 4.69) is 46.9 Å². The van der Waals surface area contributed by atoms with Crippen molar-refractivity contribution >= 4 is 22.6 Å². The Labute approximate surface area is 127 Å². The van der Waals surface area contributed by atoms with Gasteiger partial charge in [-0.15, -0.1) is 0 Å². The molecule has 0 bridgehead atoms. The molecule has 2 aromatic rings. The normalized spacial score (nSPS) is 12.1. The van der Waals surface area contributed by atoms with Crippen LogP contribution in [0, 0.1) is 3.57 Å². The van der Waals surface area contributed by atoms with Crippen LogP contribution in [0.15, 0.2) is 54.6 Å². The highest BCUT2D eigenvalue weighted by Crippen LogP contribution is 2.12. The standard InChI is InChI=1S/C16H17IO2/c17-14-8-6-13(7-9-14)12-15(18)10-11-19-16-4-2-1-3-5-16/h1-9,15,18H,10-12H2. The molecule has 0 aromatic heterocycles. The molecule has 0 heterocycles. The first-order valence-electron chi connectivity index (χ1n) is 6.34. The Hall–Kier alpha value is -1.07. The van der Waals surface area contributed by atoms with Gasteiger partial charge in [-0.25, -0.2) is 0 Å². The van der Waals surface area contributed by atoms with E-state index in [1.807, 2.05) is 30.3 Å². The predicted molar refractivity (Wildman–Crippen MR) is 85.4 cm³/mol. The van der Waals surface area contributed by atoms with Gasteiger partial charge in [-0.2, -0.15) is 0 Å². The summed E-state index contributed by atoms with van der Waals surface area (Å²) in [7, 11) is 0. The van der Waals surface area contributed by atoms with Crippen molar-refractivity contribution in [3.63, 3.8) is 0 Å². The number of aliphatic hydroxyl groups is 1. The quantitative estimate of drug-likeness (QED) is 0.789. The maximum atomic E-state index is 9.97. The van der Waals surface area contributed by atoms with Crippen molar-refractivity contribution in [2.24, 2.45) is 0 Å². The molecular weight excluding hydrogens is 351 g/mol. The fraction of sp³-hybridized carbons (Fsp3) is 0.250. The van der Waals surface area contributed by atoms with Crippen LogP contribution in [0.1, 0.15) is 12.0 Å². The molecule has 1 atom stereocenters. The number of halogens is 1. The molecule has 2 aromatic carbocycles. The van der Waals surface area contributed by atoms with E-state index < -0.39 is 0 Å². The summed E-state index contributed by atoms with van der Waals surface area (Å²) in [5.74, 6) is 0.851. The Balaban J connectivity index is 1.73. The third-order valence-electron chi connectivity index (χ3n) is 2.85. The molecule has 100 valence electrons. The summed E-state index contributed by atoms with van der Waals surface area (Å²) in [6.07, 6.45) is 0.958. The maximum Gasteiger partial charge on any atom is 0.119 e. The Morgan fingerprint density at radius 2 is 1.68 bits per heavy atom. The van der Waals surface area contributed by atoms with Crippen molar-refractivity contribution < 1.29 is 9.84 Å². The first-order valence-corrected chi connectivity index (χ1v) is 7.42. The van der Waals surface area contributed by atoms with E-state index in [0.717, 1.165) is 11.3 Å². The van der Waals surface area contributed by atoms with Crippen molar-refractivity contribution in [3.8, 4) is 5.75 Å². The predicted octanol–water partition coefficient (Wildman–Crippen LogP) is 3.66. The minimum absolute atomic E-state index is 0.358. The van der Waals surface area contributed by atoms with Gasteiger partial charge in [0.15, 0.2) is 0 Å². The monoisotopic (exact) mass is 368 g/mol. The van der Waals surface area contributed by atoms with Crippen LogP contribution in [0.5, 0.6) is 5.75 Å². The van der Waals surface area contributed by atoms with Crippen LogP contribution in [0.2, 0.25) is 0 Å². The van der Waals surface area contributed by atoms with Crippen molar-refractivity contribution in [1.29, 1.82) is 0 Å². The van der Waals surface area contributed by atoms with Gasteiger partial charge in [0.25, 0.3) is 0 Å². The van der Waals surface area contributed by atoms with Gasteiger partial charge in [-0.05, 0) is 58.8 Å². The molecule has 0 saturated heterocycles. The van der Waals surface area contributed by atoms with E-state index in [0.29, 0.717) is 19.4 Å². The summed E-state index contributed by atoms with van der Waals surface area (Å²) in [6, 6.07) is 17.9. The Bertz CT molecular complexity index is 482. The average molecular weight is 368 g/mol. The van der Waals surface area contributed by atoms with E-state index in [9.17, 15) is 5.11 Å². The molecule has 0 saturated carbocycles. The number of benzene rings is 2. The van der Waals surface area contributed by atoms with E-state index in [-0.39, 0.29) is 6.10 Å². The van der Waals surface area contributed by atoms with Gasteiger partial charge >= 0.3 is 0 Å². The average Bonchev–Trinajstić information content (AvgIpc) is 2.43.